The fourth-order valence-electron chi connectivity index (χ4n) is 4.16. The minimum Gasteiger partial charge on any atom is -0.480 e. The summed E-state index contributed by atoms with van der Waals surface area (Å²) in [6, 6.07) is 13.3. The third-order valence-electron chi connectivity index (χ3n) is 6.17. The Labute approximate surface area is 206 Å². The Kier molecular flexibility index (Phi) is 7.09. The van der Waals surface area contributed by atoms with E-state index in [1.807, 2.05) is 34.9 Å². The molecule has 2 aromatic carbocycles. The van der Waals surface area contributed by atoms with Gasteiger partial charge in [-0.1, -0.05) is 42.5 Å². The van der Waals surface area contributed by atoms with Crippen molar-refractivity contribution >= 4 is 23.5 Å². The number of nitrogens with one attached hydrogen (secondary N) is 1. The minimum atomic E-state index is -1.17. The first-order valence-corrected chi connectivity index (χ1v) is 11.4. The van der Waals surface area contributed by atoms with Gasteiger partial charge in [-0.15, -0.1) is 0 Å². The van der Waals surface area contributed by atoms with Gasteiger partial charge in [-0.3, -0.25) is 24.5 Å². The van der Waals surface area contributed by atoms with E-state index in [4.69, 9.17) is 0 Å². The number of hydrogen-bond acceptors (Lipinski definition) is 6. The van der Waals surface area contributed by atoms with Crippen LogP contribution in [0.15, 0.2) is 60.9 Å². The van der Waals surface area contributed by atoms with Crippen molar-refractivity contribution in [1.29, 1.82) is 0 Å². The molecule has 36 heavy (non-hydrogen) atoms. The lowest BCUT2D eigenvalue weighted by Crippen LogP contribution is -2.55. The van der Waals surface area contributed by atoms with Crippen LogP contribution >= 0.6 is 0 Å². The molecule has 2 atom stereocenters. The molecule has 11 nitrogen and oxygen atoms in total. The van der Waals surface area contributed by atoms with Crippen LogP contribution in [-0.4, -0.2) is 54.3 Å². The number of amides is 2. The Morgan fingerprint density at radius 1 is 1.14 bits per heavy atom. The molecule has 2 heterocycles. The van der Waals surface area contributed by atoms with Crippen molar-refractivity contribution in [3.05, 3.63) is 93.6 Å². The second-order valence-corrected chi connectivity index (χ2v) is 8.66. The molecule has 4 rings (SSSR count). The van der Waals surface area contributed by atoms with Gasteiger partial charge in [0.25, 0.3) is 5.69 Å². The number of non-ortho nitro benzene ring substituents is 1. The molecule has 3 aromatic rings. The third kappa shape index (κ3) is 5.40. The number of carboxylic acid groups (broad SMARTS) is 1. The lowest BCUT2D eigenvalue weighted by molar-refractivity contribution is -0.384. The van der Waals surface area contributed by atoms with Gasteiger partial charge in [-0.05, 0) is 18.1 Å². The Balaban J connectivity index is 1.60. The van der Waals surface area contributed by atoms with Crippen LogP contribution in [0.4, 0.5) is 5.69 Å². The molecule has 1 aliphatic heterocycles. The number of aromatic nitrogens is 2. The maximum absolute atomic E-state index is 13.3. The van der Waals surface area contributed by atoms with Crippen LogP contribution in [0, 0.1) is 10.1 Å². The standard InChI is InChI=1S/C25H25N5O6/c1-16(25(33)34)27-24(32)21-12-20-22(14-29(21)23(31)11-17-5-3-2-4-6-17)28(15-26-20)13-18-7-9-19(10-8-18)30(35)36/h2-10,15-16,21H,11-14H2,1H3,(H,27,32)(H,33,34). The topological polar surface area (TPSA) is 148 Å². The summed E-state index contributed by atoms with van der Waals surface area (Å²) in [7, 11) is 0. The first kappa shape index (κ1) is 24.6. The van der Waals surface area contributed by atoms with E-state index in [1.54, 1.807) is 18.5 Å². The second kappa shape index (κ2) is 10.4. The van der Waals surface area contributed by atoms with Gasteiger partial charge in [0, 0.05) is 25.1 Å². The summed E-state index contributed by atoms with van der Waals surface area (Å²) in [5.74, 6) is -1.99. The summed E-state index contributed by atoms with van der Waals surface area (Å²) in [5, 5.41) is 22.6. The Morgan fingerprint density at radius 3 is 2.47 bits per heavy atom. The van der Waals surface area contributed by atoms with Gasteiger partial charge in [0.05, 0.1) is 35.6 Å². The van der Waals surface area contributed by atoms with Crippen LogP contribution in [0.5, 0.6) is 0 Å². The van der Waals surface area contributed by atoms with Crippen molar-refractivity contribution < 1.29 is 24.4 Å². The number of imidazole rings is 1. The van der Waals surface area contributed by atoms with Gasteiger partial charge in [0.2, 0.25) is 11.8 Å². The van der Waals surface area contributed by atoms with E-state index in [0.717, 1.165) is 16.8 Å². The number of aliphatic carboxylic acids is 1. The Bertz CT molecular complexity index is 1290. The molecule has 2 amide bonds. The van der Waals surface area contributed by atoms with Gasteiger partial charge in [-0.2, -0.15) is 0 Å². The number of nitro groups is 1. The first-order chi connectivity index (χ1) is 17.2. The fourth-order valence-corrected chi connectivity index (χ4v) is 4.16. The quantitative estimate of drug-likeness (QED) is 0.361. The monoisotopic (exact) mass is 491 g/mol. The molecular formula is C25H25N5O6. The SMILES string of the molecule is CC(NC(=O)C1Cc2ncn(Cc3ccc([N+](=O)[O-])cc3)c2CN1C(=O)Cc1ccccc1)C(=O)O. The summed E-state index contributed by atoms with van der Waals surface area (Å²) in [5.41, 5.74) is 3.01. The molecule has 2 N–H and O–H groups in total. The average molecular weight is 492 g/mol. The molecule has 1 aromatic heterocycles. The normalized spacial score (nSPS) is 15.6. The lowest BCUT2D eigenvalue weighted by atomic mass is 9.99. The van der Waals surface area contributed by atoms with Gasteiger partial charge in [0.15, 0.2) is 0 Å². The first-order valence-electron chi connectivity index (χ1n) is 11.4. The summed E-state index contributed by atoms with van der Waals surface area (Å²) in [4.78, 5) is 54.0. The Morgan fingerprint density at radius 2 is 1.83 bits per heavy atom. The summed E-state index contributed by atoms with van der Waals surface area (Å²) in [6.07, 6.45) is 1.85. The average Bonchev–Trinajstić information content (AvgIpc) is 3.25. The minimum absolute atomic E-state index is 0.00598. The van der Waals surface area contributed by atoms with Crippen molar-refractivity contribution in [3.8, 4) is 0 Å². The zero-order valence-electron chi connectivity index (χ0n) is 19.5. The molecule has 0 radical (unpaired) electrons. The van der Waals surface area contributed by atoms with E-state index >= 15 is 0 Å². The number of nitrogens with zero attached hydrogens (tertiary/aromatic N) is 4. The molecule has 0 fully saturated rings. The lowest BCUT2D eigenvalue weighted by Gasteiger charge is -2.35. The van der Waals surface area contributed by atoms with Crippen molar-refractivity contribution in [2.24, 2.45) is 0 Å². The molecule has 0 bridgehead atoms. The maximum atomic E-state index is 13.3. The molecule has 2 unspecified atom stereocenters. The summed E-state index contributed by atoms with van der Waals surface area (Å²) < 4.78 is 1.85. The van der Waals surface area contributed by atoms with Crippen LogP contribution < -0.4 is 5.32 Å². The van der Waals surface area contributed by atoms with Gasteiger partial charge < -0.3 is 19.9 Å². The van der Waals surface area contributed by atoms with E-state index in [1.165, 1.54) is 24.0 Å². The number of benzene rings is 2. The van der Waals surface area contributed by atoms with Crippen molar-refractivity contribution in [2.75, 3.05) is 0 Å². The highest BCUT2D eigenvalue weighted by atomic mass is 16.6. The smallest absolute Gasteiger partial charge is 0.325 e. The number of hydrogen-bond donors (Lipinski definition) is 2. The predicted octanol–water partition coefficient (Wildman–Crippen LogP) is 1.92. The van der Waals surface area contributed by atoms with Crippen LogP contribution in [0.1, 0.15) is 29.4 Å². The van der Waals surface area contributed by atoms with Gasteiger partial charge in [-0.25, -0.2) is 4.98 Å². The van der Waals surface area contributed by atoms with E-state index < -0.39 is 28.9 Å². The summed E-state index contributed by atoms with van der Waals surface area (Å²) in [6.45, 7) is 1.87. The fraction of sp³-hybridized carbons (Fsp3) is 0.280. The van der Waals surface area contributed by atoms with E-state index in [0.29, 0.717) is 12.2 Å². The maximum Gasteiger partial charge on any atom is 0.325 e. The molecule has 1 aliphatic rings. The van der Waals surface area contributed by atoms with Gasteiger partial charge in [0.1, 0.15) is 12.1 Å². The van der Waals surface area contributed by atoms with Crippen molar-refractivity contribution in [1.82, 2.24) is 19.8 Å². The number of nitro benzene ring substituents is 1. The van der Waals surface area contributed by atoms with Crippen LogP contribution in [0.25, 0.3) is 0 Å². The summed E-state index contributed by atoms with van der Waals surface area (Å²) >= 11 is 0. The Hall–Kier alpha value is -4.54. The zero-order chi connectivity index (χ0) is 25.8. The van der Waals surface area contributed by atoms with E-state index in [9.17, 15) is 29.6 Å². The molecule has 11 heteroatoms. The number of carboxylic acids is 1. The highest BCUT2D eigenvalue weighted by Gasteiger charge is 2.37. The van der Waals surface area contributed by atoms with Crippen LogP contribution in [0.2, 0.25) is 0 Å². The van der Waals surface area contributed by atoms with Gasteiger partial charge >= 0.3 is 5.97 Å². The van der Waals surface area contributed by atoms with E-state index in [2.05, 4.69) is 10.3 Å². The highest BCUT2D eigenvalue weighted by molar-refractivity contribution is 5.91. The zero-order valence-corrected chi connectivity index (χ0v) is 19.5. The second-order valence-electron chi connectivity index (χ2n) is 8.66. The number of rotatable bonds is 8. The third-order valence-corrected chi connectivity index (χ3v) is 6.17. The molecule has 186 valence electrons. The predicted molar refractivity (Wildman–Crippen MR) is 128 cm³/mol. The van der Waals surface area contributed by atoms with E-state index in [-0.39, 0.29) is 31.0 Å². The van der Waals surface area contributed by atoms with Crippen molar-refractivity contribution in [2.45, 2.75) is 44.9 Å². The van der Waals surface area contributed by atoms with Crippen molar-refractivity contribution in [3.63, 3.8) is 0 Å². The van der Waals surface area contributed by atoms with Crippen LogP contribution in [0.3, 0.4) is 0 Å². The molecule has 0 saturated heterocycles. The number of carbonyl (C=O) groups excluding carboxylic acids is 2. The van der Waals surface area contributed by atoms with Crippen LogP contribution in [-0.2, 0) is 40.3 Å². The molecular weight excluding hydrogens is 466 g/mol. The molecule has 0 saturated carbocycles. The molecule has 0 aliphatic carbocycles. The highest BCUT2D eigenvalue weighted by Crippen LogP contribution is 2.25. The largest absolute Gasteiger partial charge is 0.480 e. The molecule has 0 spiro atoms. The number of carbonyl (C=O) groups is 3. The number of fused-ring (bicyclic) bond motifs is 1.